The zero-order valence-corrected chi connectivity index (χ0v) is 22.1. The van der Waals surface area contributed by atoms with Crippen LogP contribution in [0.4, 0.5) is 5.69 Å². The second-order valence-electron chi connectivity index (χ2n) is 8.76. The van der Waals surface area contributed by atoms with Gasteiger partial charge in [0.1, 0.15) is 4.83 Å². The first-order chi connectivity index (χ1) is 16.1. The van der Waals surface area contributed by atoms with Gasteiger partial charge in [-0.05, 0) is 66.2 Å². The number of fused-ring (bicyclic) bond motifs is 1. The van der Waals surface area contributed by atoms with Crippen molar-refractivity contribution in [2.45, 2.75) is 59.7 Å². The molecule has 9 heteroatoms. The summed E-state index contributed by atoms with van der Waals surface area (Å²) < 4.78 is 3.52. The standard InChI is InChI=1S/C25H29N5O2S2/c1-13(2)29-24(32)21-15(4)18(7)34-23(21)27-25(29)33-12-20(31)26-22-16(5)28-30(17(22)6)19-10-8-14(3)9-11-19/h8-11,13H,12H2,1-7H3,(H,26,31). The zero-order valence-electron chi connectivity index (χ0n) is 20.5. The molecule has 3 heterocycles. The van der Waals surface area contributed by atoms with Gasteiger partial charge in [0.25, 0.3) is 5.56 Å². The maximum absolute atomic E-state index is 13.2. The van der Waals surface area contributed by atoms with Gasteiger partial charge >= 0.3 is 0 Å². The maximum atomic E-state index is 13.2. The lowest BCUT2D eigenvalue weighted by molar-refractivity contribution is -0.113. The van der Waals surface area contributed by atoms with Crippen LogP contribution in [0, 0.1) is 34.6 Å². The van der Waals surface area contributed by atoms with Gasteiger partial charge in [-0.3, -0.25) is 14.2 Å². The van der Waals surface area contributed by atoms with Crippen LogP contribution >= 0.6 is 23.1 Å². The number of carbonyl (C=O) groups excluding carboxylic acids is 1. The molecular formula is C25H29N5O2S2. The quantitative estimate of drug-likeness (QED) is 0.282. The van der Waals surface area contributed by atoms with Gasteiger partial charge in [0.15, 0.2) is 5.16 Å². The van der Waals surface area contributed by atoms with Gasteiger partial charge in [0.05, 0.1) is 33.9 Å². The second-order valence-corrected chi connectivity index (χ2v) is 10.9. The lowest BCUT2D eigenvalue weighted by atomic mass is 10.2. The third-order valence-electron chi connectivity index (χ3n) is 5.89. The van der Waals surface area contributed by atoms with Gasteiger partial charge in [-0.2, -0.15) is 5.10 Å². The number of thioether (sulfide) groups is 1. The van der Waals surface area contributed by atoms with E-state index in [1.54, 1.807) is 4.57 Å². The Balaban J connectivity index is 1.57. The van der Waals surface area contributed by atoms with Crippen molar-refractivity contribution in [3.63, 3.8) is 0 Å². The van der Waals surface area contributed by atoms with Crippen molar-refractivity contribution < 1.29 is 4.79 Å². The molecule has 0 aliphatic heterocycles. The lowest BCUT2D eigenvalue weighted by Gasteiger charge is -2.15. The second kappa shape index (κ2) is 9.38. The molecular weight excluding hydrogens is 466 g/mol. The van der Waals surface area contributed by atoms with Crippen LogP contribution in [0.3, 0.4) is 0 Å². The summed E-state index contributed by atoms with van der Waals surface area (Å²) in [5, 5.41) is 8.87. The molecule has 0 bridgehead atoms. The molecule has 0 radical (unpaired) electrons. The first kappa shape index (κ1) is 24.2. The highest BCUT2D eigenvalue weighted by Gasteiger charge is 2.20. The third-order valence-corrected chi connectivity index (χ3v) is 7.94. The number of hydrogen-bond acceptors (Lipinski definition) is 6. The van der Waals surface area contributed by atoms with E-state index in [0.29, 0.717) is 16.2 Å². The SMILES string of the molecule is Cc1ccc(-n2nc(C)c(NC(=O)CSc3nc4sc(C)c(C)c4c(=O)n3C(C)C)c2C)cc1. The average Bonchev–Trinajstić information content (AvgIpc) is 3.22. The first-order valence-electron chi connectivity index (χ1n) is 11.2. The van der Waals surface area contributed by atoms with Gasteiger partial charge in [-0.1, -0.05) is 29.5 Å². The largest absolute Gasteiger partial charge is 0.322 e. The Labute approximate surface area is 207 Å². The van der Waals surface area contributed by atoms with Crippen LogP contribution in [0.15, 0.2) is 34.2 Å². The molecule has 178 valence electrons. The first-order valence-corrected chi connectivity index (χ1v) is 13.0. The molecule has 0 atom stereocenters. The molecule has 3 aromatic heterocycles. The number of anilines is 1. The Bertz CT molecular complexity index is 1450. The van der Waals surface area contributed by atoms with Crippen LogP contribution in [0.2, 0.25) is 0 Å². The van der Waals surface area contributed by atoms with Crippen LogP contribution in [0.25, 0.3) is 15.9 Å². The highest BCUT2D eigenvalue weighted by atomic mass is 32.2. The zero-order chi connectivity index (χ0) is 24.7. The highest BCUT2D eigenvalue weighted by molar-refractivity contribution is 7.99. The van der Waals surface area contributed by atoms with E-state index in [1.165, 1.54) is 28.7 Å². The Morgan fingerprint density at radius 2 is 1.79 bits per heavy atom. The summed E-state index contributed by atoms with van der Waals surface area (Å²) in [6.07, 6.45) is 0. The van der Waals surface area contributed by atoms with Crippen LogP contribution in [-0.2, 0) is 4.79 Å². The Morgan fingerprint density at radius 1 is 1.12 bits per heavy atom. The van der Waals surface area contributed by atoms with E-state index in [4.69, 9.17) is 4.98 Å². The van der Waals surface area contributed by atoms with Crippen LogP contribution in [-0.4, -0.2) is 31.0 Å². The van der Waals surface area contributed by atoms with Crippen LogP contribution < -0.4 is 10.9 Å². The number of amides is 1. The van der Waals surface area contributed by atoms with Crippen molar-refractivity contribution in [1.82, 2.24) is 19.3 Å². The fourth-order valence-electron chi connectivity index (χ4n) is 3.91. The van der Waals surface area contributed by atoms with Crippen molar-refractivity contribution in [2.24, 2.45) is 0 Å². The predicted octanol–water partition coefficient (Wildman–Crippen LogP) is 5.50. The molecule has 1 amide bonds. The van der Waals surface area contributed by atoms with E-state index in [0.717, 1.165) is 32.3 Å². The van der Waals surface area contributed by atoms with E-state index in [1.807, 2.05) is 77.4 Å². The number of nitrogens with one attached hydrogen (secondary N) is 1. The minimum atomic E-state index is -0.164. The Hall–Kier alpha value is -2.91. The summed E-state index contributed by atoms with van der Waals surface area (Å²) in [7, 11) is 0. The molecule has 4 rings (SSSR count). The summed E-state index contributed by atoms with van der Waals surface area (Å²) in [5.41, 5.74) is 5.38. The number of aromatic nitrogens is 4. The maximum Gasteiger partial charge on any atom is 0.263 e. The van der Waals surface area contributed by atoms with Crippen LogP contribution in [0.1, 0.15) is 47.3 Å². The fraction of sp³-hybridized carbons (Fsp3) is 0.360. The lowest BCUT2D eigenvalue weighted by Crippen LogP contribution is -2.25. The number of rotatable bonds is 6. The van der Waals surface area contributed by atoms with Crippen molar-refractivity contribution in [3.8, 4) is 5.69 Å². The Kier molecular flexibility index (Phi) is 6.69. The van der Waals surface area contributed by atoms with Crippen molar-refractivity contribution in [3.05, 3.63) is 62.0 Å². The average molecular weight is 496 g/mol. The van der Waals surface area contributed by atoms with E-state index in [-0.39, 0.29) is 23.3 Å². The minimum Gasteiger partial charge on any atom is -0.322 e. The molecule has 0 saturated heterocycles. The van der Waals surface area contributed by atoms with E-state index < -0.39 is 0 Å². The molecule has 0 aliphatic rings. The fourth-order valence-corrected chi connectivity index (χ4v) is 5.91. The normalized spacial score (nSPS) is 11.5. The number of carbonyl (C=O) groups is 1. The summed E-state index contributed by atoms with van der Waals surface area (Å²) in [6.45, 7) is 13.7. The van der Waals surface area contributed by atoms with Crippen molar-refractivity contribution in [1.29, 1.82) is 0 Å². The predicted molar refractivity (Wildman–Crippen MR) is 141 cm³/mol. The van der Waals surface area contributed by atoms with Gasteiger partial charge < -0.3 is 5.32 Å². The molecule has 0 saturated carbocycles. The molecule has 0 unspecified atom stereocenters. The minimum absolute atomic E-state index is 0.0455. The number of nitrogens with zero attached hydrogens (tertiary/aromatic N) is 4. The molecule has 1 aromatic carbocycles. The van der Waals surface area contributed by atoms with E-state index >= 15 is 0 Å². The number of benzene rings is 1. The summed E-state index contributed by atoms with van der Waals surface area (Å²) in [4.78, 5) is 32.7. The van der Waals surface area contributed by atoms with Gasteiger partial charge in [-0.25, -0.2) is 9.67 Å². The van der Waals surface area contributed by atoms with Crippen molar-refractivity contribution in [2.75, 3.05) is 11.1 Å². The molecule has 0 aliphatic carbocycles. The molecule has 0 spiro atoms. The topological polar surface area (TPSA) is 81.8 Å². The van der Waals surface area contributed by atoms with E-state index in [2.05, 4.69) is 10.4 Å². The smallest absolute Gasteiger partial charge is 0.263 e. The Morgan fingerprint density at radius 3 is 2.44 bits per heavy atom. The van der Waals surface area contributed by atoms with Gasteiger partial charge in [0, 0.05) is 10.9 Å². The third kappa shape index (κ3) is 4.42. The molecule has 4 aromatic rings. The molecule has 7 nitrogen and oxygen atoms in total. The monoisotopic (exact) mass is 495 g/mol. The summed E-state index contributed by atoms with van der Waals surface area (Å²) in [5.74, 6) is -0.0226. The number of hydrogen-bond donors (Lipinski definition) is 1. The number of thiophene rings is 1. The van der Waals surface area contributed by atoms with Gasteiger partial charge in [-0.15, -0.1) is 11.3 Å². The molecule has 0 fully saturated rings. The summed E-state index contributed by atoms with van der Waals surface area (Å²) >= 11 is 2.80. The highest BCUT2D eigenvalue weighted by Crippen LogP contribution is 2.30. The van der Waals surface area contributed by atoms with Crippen molar-refractivity contribution >= 4 is 44.9 Å². The summed E-state index contributed by atoms with van der Waals surface area (Å²) in [6, 6.07) is 8.03. The van der Waals surface area contributed by atoms with E-state index in [9.17, 15) is 9.59 Å². The van der Waals surface area contributed by atoms with Gasteiger partial charge in [0.2, 0.25) is 5.91 Å². The number of aryl methyl sites for hydroxylation is 4. The van der Waals surface area contributed by atoms with Crippen LogP contribution in [0.5, 0.6) is 0 Å². The molecule has 34 heavy (non-hydrogen) atoms. The molecule has 1 N–H and O–H groups in total.